The minimum absolute atomic E-state index is 0.0362. The van der Waals surface area contributed by atoms with E-state index in [4.69, 9.17) is 5.73 Å². The van der Waals surface area contributed by atoms with Gasteiger partial charge < -0.3 is 11.1 Å². The molecule has 1 heterocycles. The molecular formula is C18H29N3O. The molecule has 0 radical (unpaired) electrons. The Morgan fingerprint density at radius 2 is 2.00 bits per heavy atom. The second-order valence-corrected chi connectivity index (χ2v) is 6.57. The predicted molar refractivity (Wildman–Crippen MR) is 90.5 cm³/mol. The molecule has 0 bridgehead atoms. The van der Waals surface area contributed by atoms with Crippen molar-refractivity contribution in [3.8, 4) is 0 Å². The van der Waals surface area contributed by atoms with Crippen molar-refractivity contribution in [2.24, 2.45) is 11.7 Å². The van der Waals surface area contributed by atoms with Gasteiger partial charge in [-0.05, 0) is 29.9 Å². The lowest BCUT2D eigenvalue weighted by atomic mass is 9.98. The SMILES string of the molecule is CCC(CNC(=O)[C@@H](N)C(C)C)N1CCc2ccccc2C1. The first-order valence-electron chi connectivity index (χ1n) is 8.37. The van der Waals surface area contributed by atoms with E-state index in [0.29, 0.717) is 12.6 Å². The highest BCUT2D eigenvalue weighted by atomic mass is 16.2. The Hall–Kier alpha value is -1.39. The van der Waals surface area contributed by atoms with Gasteiger partial charge >= 0.3 is 0 Å². The molecule has 1 aromatic carbocycles. The van der Waals surface area contributed by atoms with E-state index in [1.54, 1.807) is 0 Å². The zero-order valence-electron chi connectivity index (χ0n) is 14.0. The third-order valence-electron chi connectivity index (χ3n) is 4.68. The van der Waals surface area contributed by atoms with Crippen LogP contribution in [0.2, 0.25) is 0 Å². The van der Waals surface area contributed by atoms with E-state index in [2.05, 4.69) is 41.4 Å². The number of nitrogens with zero attached hydrogens (tertiary/aromatic N) is 1. The largest absolute Gasteiger partial charge is 0.353 e. The number of benzene rings is 1. The second-order valence-electron chi connectivity index (χ2n) is 6.57. The van der Waals surface area contributed by atoms with Gasteiger partial charge in [-0.2, -0.15) is 0 Å². The average molecular weight is 303 g/mol. The van der Waals surface area contributed by atoms with E-state index in [9.17, 15) is 4.79 Å². The van der Waals surface area contributed by atoms with Crippen molar-refractivity contribution in [2.75, 3.05) is 13.1 Å². The quantitative estimate of drug-likeness (QED) is 0.844. The zero-order chi connectivity index (χ0) is 16.1. The Kier molecular flexibility index (Phi) is 5.98. The molecule has 1 aliphatic heterocycles. The minimum Gasteiger partial charge on any atom is -0.353 e. The van der Waals surface area contributed by atoms with Gasteiger partial charge in [0.2, 0.25) is 5.91 Å². The maximum absolute atomic E-state index is 12.0. The maximum atomic E-state index is 12.0. The molecule has 1 unspecified atom stereocenters. The normalized spacial score (nSPS) is 17.9. The molecule has 0 aromatic heterocycles. The Balaban J connectivity index is 1.91. The van der Waals surface area contributed by atoms with Crippen LogP contribution in [0.1, 0.15) is 38.3 Å². The van der Waals surface area contributed by atoms with Gasteiger partial charge in [0.05, 0.1) is 6.04 Å². The molecule has 2 atom stereocenters. The molecule has 3 N–H and O–H groups in total. The summed E-state index contributed by atoms with van der Waals surface area (Å²) in [5.74, 6) is 0.132. The van der Waals surface area contributed by atoms with Gasteiger partial charge in [0.15, 0.2) is 0 Å². The molecular weight excluding hydrogens is 274 g/mol. The van der Waals surface area contributed by atoms with Crippen molar-refractivity contribution in [2.45, 2.75) is 52.2 Å². The predicted octanol–water partition coefficient (Wildman–Crippen LogP) is 1.92. The fourth-order valence-corrected chi connectivity index (χ4v) is 3.00. The number of fused-ring (bicyclic) bond motifs is 1. The molecule has 1 aliphatic rings. The van der Waals surface area contributed by atoms with Gasteiger partial charge in [-0.3, -0.25) is 9.69 Å². The molecule has 0 saturated carbocycles. The van der Waals surface area contributed by atoms with Gasteiger partial charge in [0.25, 0.3) is 0 Å². The first-order valence-corrected chi connectivity index (χ1v) is 8.37. The average Bonchev–Trinajstić information content (AvgIpc) is 2.54. The fourth-order valence-electron chi connectivity index (χ4n) is 3.00. The second kappa shape index (κ2) is 7.75. The molecule has 0 spiro atoms. The number of carbonyl (C=O) groups is 1. The van der Waals surface area contributed by atoms with Gasteiger partial charge in [-0.1, -0.05) is 45.0 Å². The number of nitrogens with one attached hydrogen (secondary N) is 1. The minimum atomic E-state index is -0.417. The lowest BCUT2D eigenvalue weighted by molar-refractivity contribution is -0.123. The van der Waals surface area contributed by atoms with Crippen LogP contribution >= 0.6 is 0 Å². The smallest absolute Gasteiger partial charge is 0.237 e. The van der Waals surface area contributed by atoms with Crippen molar-refractivity contribution in [1.29, 1.82) is 0 Å². The number of rotatable bonds is 6. The summed E-state index contributed by atoms with van der Waals surface area (Å²) in [4.78, 5) is 14.5. The van der Waals surface area contributed by atoms with Gasteiger partial charge in [0.1, 0.15) is 0 Å². The third-order valence-corrected chi connectivity index (χ3v) is 4.68. The van der Waals surface area contributed by atoms with E-state index >= 15 is 0 Å². The molecule has 4 nitrogen and oxygen atoms in total. The molecule has 0 aliphatic carbocycles. The van der Waals surface area contributed by atoms with E-state index in [0.717, 1.165) is 25.9 Å². The third kappa shape index (κ3) is 4.08. The van der Waals surface area contributed by atoms with Crippen LogP contribution in [0.4, 0.5) is 0 Å². The zero-order valence-corrected chi connectivity index (χ0v) is 14.0. The van der Waals surface area contributed by atoms with E-state index in [-0.39, 0.29) is 11.8 Å². The highest BCUT2D eigenvalue weighted by Gasteiger charge is 2.24. The first kappa shape index (κ1) is 17.0. The van der Waals surface area contributed by atoms with Crippen LogP contribution in [-0.2, 0) is 17.8 Å². The van der Waals surface area contributed by atoms with Crippen LogP contribution in [0.25, 0.3) is 0 Å². The summed E-state index contributed by atoms with van der Waals surface area (Å²) in [5.41, 5.74) is 8.78. The molecule has 22 heavy (non-hydrogen) atoms. The first-order chi connectivity index (χ1) is 10.5. The van der Waals surface area contributed by atoms with Crippen molar-refractivity contribution in [3.05, 3.63) is 35.4 Å². The summed E-state index contributed by atoms with van der Waals surface area (Å²) in [6, 6.07) is 8.60. The summed E-state index contributed by atoms with van der Waals surface area (Å²) in [6.45, 7) is 8.84. The topological polar surface area (TPSA) is 58.4 Å². The van der Waals surface area contributed by atoms with E-state index in [1.807, 2.05) is 13.8 Å². The Labute approximate surface area is 134 Å². The number of hydrogen-bond acceptors (Lipinski definition) is 3. The highest BCUT2D eigenvalue weighted by Crippen LogP contribution is 2.21. The molecule has 122 valence electrons. The van der Waals surface area contributed by atoms with Crippen LogP contribution in [0.3, 0.4) is 0 Å². The van der Waals surface area contributed by atoms with Crippen molar-refractivity contribution >= 4 is 5.91 Å². The Morgan fingerprint density at radius 1 is 1.32 bits per heavy atom. The van der Waals surface area contributed by atoms with Gasteiger partial charge in [0, 0.05) is 25.7 Å². The van der Waals surface area contributed by atoms with E-state index < -0.39 is 6.04 Å². The van der Waals surface area contributed by atoms with Crippen LogP contribution in [0.5, 0.6) is 0 Å². The summed E-state index contributed by atoms with van der Waals surface area (Å²) in [7, 11) is 0. The van der Waals surface area contributed by atoms with Crippen molar-refractivity contribution in [3.63, 3.8) is 0 Å². The fraction of sp³-hybridized carbons (Fsp3) is 0.611. The van der Waals surface area contributed by atoms with Crippen molar-refractivity contribution < 1.29 is 4.79 Å². The van der Waals surface area contributed by atoms with Crippen LogP contribution in [0.15, 0.2) is 24.3 Å². The summed E-state index contributed by atoms with van der Waals surface area (Å²) >= 11 is 0. The monoisotopic (exact) mass is 303 g/mol. The van der Waals surface area contributed by atoms with Crippen LogP contribution in [0, 0.1) is 5.92 Å². The molecule has 0 saturated heterocycles. The summed E-state index contributed by atoms with van der Waals surface area (Å²) in [6.07, 6.45) is 2.12. The summed E-state index contributed by atoms with van der Waals surface area (Å²) in [5, 5.41) is 3.03. The standard InChI is InChI=1S/C18H29N3O/c1-4-16(11-20-18(22)17(19)13(2)3)21-10-9-14-7-5-6-8-15(14)12-21/h5-8,13,16-17H,4,9-12,19H2,1-3H3,(H,20,22)/t16?,17-/m0/s1. The van der Waals surface area contributed by atoms with Crippen molar-refractivity contribution in [1.82, 2.24) is 10.2 Å². The Morgan fingerprint density at radius 3 is 2.64 bits per heavy atom. The molecule has 0 fully saturated rings. The molecule has 4 heteroatoms. The number of nitrogens with two attached hydrogens (primary N) is 1. The van der Waals surface area contributed by atoms with E-state index in [1.165, 1.54) is 11.1 Å². The number of hydrogen-bond donors (Lipinski definition) is 2. The highest BCUT2D eigenvalue weighted by molar-refractivity contribution is 5.81. The molecule has 1 amide bonds. The lowest BCUT2D eigenvalue weighted by Gasteiger charge is -2.35. The molecule has 1 aromatic rings. The number of carbonyl (C=O) groups excluding carboxylic acids is 1. The maximum Gasteiger partial charge on any atom is 0.237 e. The number of amides is 1. The van der Waals surface area contributed by atoms with Gasteiger partial charge in [-0.25, -0.2) is 0 Å². The summed E-state index contributed by atoms with van der Waals surface area (Å²) < 4.78 is 0. The lowest BCUT2D eigenvalue weighted by Crippen LogP contribution is -2.50. The van der Waals surface area contributed by atoms with Crippen LogP contribution in [-0.4, -0.2) is 36.0 Å². The molecule has 2 rings (SSSR count). The Bertz CT molecular complexity index is 501. The van der Waals surface area contributed by atoms with Gasteiger partial charge in [-0.15, -0.1) is 0 Å². The van der Waals surface area contributed by atoms with Crippen LogP contribution < -0.4 is 11.1 Å².